The molecular formula is C11H23F. The summed E-state index contributed by atoms with van der Waals surface area (Å²) in [7, 11) is 0. The summed E-state index contributed by atoms with van der Waals surface area (Å²) in [5, 5.41) is 0. The minimum Gasteiger partial charge on any atom is -0.251 e. The van der Waals surface area contributed by atoms with Gasteiger partial charge in [0.2, 0.25) is 0 Å². The van der Waals surface area contributed by atoms with Crippen LogP contribution in [0.1, 0.15) is 41.5 Å². The molecule has 0 atom stereocenters. The van der Waals surface area contributed by atoms with Crippen molar-refractivity contribution in [3.05, 3.63) is 0 Å². The Kier molecular flexibility index (Phi) is 4.22. The zero-order valence-electron chi connectivity index (χ0n) is 9.32. The van der Waals surface area contributed by atoms with Gasteiger partial charge in [-0.25, -0.2) is 0 Å². The van der Waals surface area contributed by atoms with E-state index in [1.807, 2.05) is 13.8 Å². The maximum atomic E-state index is 12.7. The quantitative estimate of drug-likeness (QED) is 0.606. The van der Waals surface area contributed by atoms with Crippen LogP contribution in [0.5, 0.6) is 0 Å². The number of rotatable bonds is 4. The van der Waals surface area contributed by atoms with E-state index >= 15 is 0 Å². The smallest absolute Gasteiger partial charge is 0.0948 e. The third kappa shape index (κ3) is 2.76. The second kappa shape index (κ2) is 4.25. The molecule has 0 rings (SSSR count). The van der Waals surface area contributed by atoms with Crippen molar-refractivity contribution in [2.75, 3.05) is 6.67 Å². The monoisotopic (exact) mass is 174 g/mol. The SMILES string of the molecule is CC(C)C(C(C)C)C(C)(C)CF. The summed E-state index contributed by atoms with van der Waals surface area (Å²) in [4.78, 5) is 0. The van der Waals surface area contributed by atoms with Crippen molar-refractivity contribution < 1.29 is 4.39 Å². The fourth-order valence-electron chi connectivity index (χ4n) is 2.66. The van der Waals surface area contributed by atoms with E-state index < -0.39 is 0 Å². The fraction of sp³-hybridized carbons (Fsp3) is 1.00. The average molecular weight is 174 g/mol. The summed E-state index contributed by atoms with van der Waals surface area (Å²) in [6.07, 6.45) is 0. The van der Waals surface area contributed by atoms with E-state index in [0.29, 0.717) is 17.8 Å². The second-order valence-electron chi connectivity index (χ2n) is 5.14. The fourth-order valence-corrected chi connectivity index (χ4v) is 2.66. The summed E-state index contributed by atoms with van der Waals surface area (Å²) in [6.45, 7) is 12.6. The molecule has 0 aliphatic carbocycles. The molecule has 0 radical (unpaired) electrons. The molecule has 0 unspecified atom stereocenters. The third-order valence-corrected chi connectivity index (χ3v) is 2.68. The number of hydrogen-bond donors (Lipinski definition) is 0. The van der Waals surface area contributed by atoms with Crippen molar-refractivity contribution >= 4 is 0 Å². The molecule has 1 heteroatoms. The molecule has 0 saturated carbocycles. The molecule has 0 heterocycles. The normalized spacial score (nSPS) is 13.5. The van der Waals surface area contributed by atoms with Gasteiger partial charge in [-0.2, -0.15) is 0 Å². The Balaban J connectivity index is 4.50. The molecule has 0 nitrogen and oxygen atoms in total. The van der Waals surface area contributed by atoms with Gasteiger partial charge in [-0.3, -0.25) is 4.39 Å². The van der Waals surface area contributed by atoms with Crippen molar-refractivity contribution in [1.29, 1.82) is 0 Å². The third-order valence-electron chi connectivity index (χ3n) is 2.68. The van der Waals surface area contributed by atoms with Crippen molar-refractivity contribution in [1.82, 2.24) is 0 Å². The molecule has 12 heavy (non-hydrogen) atoms. The molecule has 0 aliphatic heterocycles. The van der Waals surface area contributed by atoms with Gasteiger partial charge in [0.1, 0.15) is 0 Å². The number of hydrogen-bond acceptors (Lipinski definition) is 0. The molecule has 0 N–H and O–H groups in total. The van der Waals surface area contributed by atoms with Crippen LogP contribution in [0.15, 0.2) is 0 Å². The largest absolute Gasteiger partial charge is 0.251 e. The van der Waals surface area contributed by atoms with Crippen molar-refractivity contribution in [2.45, 2.75) is 41.5 Å². The van der Waals surface area contributed by atoms with E-state index in [9.17, 15) is 4.39 Å². The number of alkyl halides is 1. The summed E-state index contributed by atoms with van der Waals surface area (Å²) in [5.74, 6) is 1.61. The highest BCUT2D eigenvalue weighted by molar-refractivity contribution is 4.82. The molecule has 0 amide bonds. The Bertz CT molecular complexity index is 117. The predicted octanol–water partition coefficient (Wildman–Crippen LogP) is 3.91. The first-order chi connectivity index (χ1) is 5.33. The molecule has 0 aromatic carbocycles. The molecule has 0 aliphatic rings. The van der Waals surface area contributed by atoms with Crippen molar-refractivity contribution in [2.24, 2.45) is 23.2 Å². The van der Waals surface area contributed by atoms with Crippen LogP contribution in [-0.4, -0.2) is 6.67 Å². The molecule has 0 aromatic rings. The van der Waals surface area contributed by atoms with Gasteiger partial charge in [-0.05, 0) is 23.2 Å². The van der Waals surface area contributed by atoms with Crippen molar-refractivity contribution in [3.8, 4) is 0 Å². The molecule has 0 aromatic heterocycles. The Hall–Kier alpha value is -0.0700. The van der Waals surface area contributed by atoms with Crippen LogP contribution in [0.3, 0.4) is 0 Å². The van der Waals surface area contributed by atoms with Gasteiger partial charge in [-0.1, -0.05) is 41.5 Å². The van der Waals surface area contributed by atoms with Crippen LogP contribution in [0.2, 0.25) is 0 Å². The van der Waals surface area contributed by atoms with Crippen LogP contribution < -0.4 is 0 Å². The van der Waals surface area contributed by atoms with Crippen LogP contribution in [-0.2, 0) is 0 Å². The van der Waals surface area contributed by atoms with E-state index in [4.69, 9.17) is 0 Å². The van der Waals surface area contributed by atoms with Gasteiger partial charge in [0.15, 0.2) is 0 Å². The zero-order chi connectivity index (χ0) is 9.94. The zero-order valence-corrected chi connectivity index (χ0v) is 9.32. The van der Waals surface area contributed by atoms with Gasteiger partial charge < -0.3 is 0 Å². The Morgan fingerprint density at radius 1 is 1.00 bits per heavy atom. The minimum absolute atomic E-state index is 0.164. The average Bonchev–Trinajstić information content (AvgIpc) is 1.84. The van der Waals surface area contributed by atoms with Gasteiger partial charge in [0, 0.05) is 0 Å². The minimum atomic E-state index is -0.214. The molecule has 0 bridgehead atoms. The van der Waals surface area contributed by atoms with Crippen LogP contribution in [0.25, 0.3) is 0 Å². The Labute approximate surface area is 76.6 Å². The van der Waals surface area contributed by atoms with Gasteiger partial charge in [-0.15, -0.1) is 0 Å². The molecule has 0 fully saturated rings. The first-order valence-electron chi connectivity index (χ1n) is 4.89. The van der Waals surface area contributed by atoms with Crippen LogP contribution >= 0.6 is 0 Å². The highest BCUT2D eigenvalue weighted by Crippen LogP contribution is 2.38. The maximum Gasteiger partial charge on any atom is 0.0948 e. The Morgan fingerprint density at radius 3 is 1.42 bits per heavy atom. The highest BCUT2D eigenvalue weighted by Gasteiger charge is 2.33. The first-order valence-corrected chi connectivity index (χ1v) is 4.89. The van der Waals surface area contributed by atoms with E-state index in [-0.39, 0.29) is 12.1 Å². The lowest BCUT2D eigenvalue weighted by Crippen LogP contribution is -2.34. The van der Waals surface area contributed by atoms with E-state index in [1.54, 1.807) is 0 Å². The summed E-state index contributed by atoms with van der Waals surface area (Å²) in [6, 6.07) is 0. The van der Waals surface area contributed by atoms with Gasteiger partial charge in [0.25, 0.3) is 0 Å². The summed E-state index contributed by atoms with van der Waals surface area (Å²) in [5.41, 5.74) is -0.164. The van der Waals surface area contributed by atoms with Gasteiger partial charge in [0.05, 0.1) is 6.67 Å². The van der Waals surface area contributed by atoms with E-state index in [1.165, 1.54) is 0 Å². The summed E-state index contributed by atoms with van der Waals surface area (Å²) < 4.78 is 12.7. The van der Waals surface area contributed by atoms with Gasteiger partial charge >= 0.3 is 0 Å². The Morgan fingerprint density at radius 2 is 1.33 bits per heavy atom. The van der Waals surface area contributed by atoms with E-state index in [2.05, 4.69) is 27.7 Å². The topological polar surface area (TPSA) is 0 Å². The van der Waals surface area contributed by atoms with Crippen LogP contribution in [0, 0.1) is 23.2 Å². The predicted molar refractivity (Wildman–Crippen MR) is 52.9 cm³/mol. The molecular weight excluding hydrogens is 151 g/mol. The first kappa shape index (κ1) is 11.9. The van der Waals surface area contributed by atoms with E-state index in [0.717, 1.165) is 0 Å². The van der Waals surface area contributed by atoms with Crippen LogP contribution in [0.4, 0.5) is 4.39 Å². The highest BCUT2D eigenvalue weighted by atomic mass is 19.1. The standard InChI is InChI=1S/C11H23F/c1-8(2)10(9(3)4)11(5,6)7-12/h8-10H,7H2,1-6H3. The molecule has 0 saturated heterocycles. The lowest BCUT2D eigenvalue weighted by molar-refractivity contribution is 0.0767. The number of halogens is 1. The lowest BCUT2D eigenvalue weighted by atomic mass is 9.68. The van der Waals surface area contributed by atoms with Crippen molar-refractivity contribution in [3.63, 3.8) is 0 Å². The molecule has 74 valence electrons. The molecule has 0 spiro atoms. The second-order valence-corrected chi connectivity index (χ2v) is 5.14. The maximum absolute atomic E-state index is 12.7. The lowest BCUT2D eigenvalue weighted by Gasteiger charge is -2.38. The summed E-state index contributed by atoms with van der Waals surface area (Å²) >= 11 is 0.